The molecule has 7 nitrogen and oxygen atoms in total. The van der Waals surface area contributed by atoms with Crippen molar-refractivity contribution in [1.82, 2.24) is 19.9 Å². The van der Waals surface area contributed by atoms with E-state index in [0.29, 0.717) is 38.7 Å². The van der Waals surface area contributed by atoms with Gasteiger partial charge in [-0.15, -0.1) is 0 Å². The molecule has 0 bridgehead atoms. The third kappa shape index (κ3) is 4.90. The Kier molecular flexibility index (Phi) is 6.29. The molecule has 1 aromatic heterocycles. The highest BCUT2D eigenvalue weighted by Crippen LogP contribution is 2.32. The summed E-state index contributed by atoms with van der Waals surface area (Å²) < 4.78 is 49.7. The number of alkyl halides is 3. The molecule has 1 aromatic carbocycles. The smallest absolute Gasteiger partial charge is 0.378 e. The average molecular weight is 438 g/mol. The molecule has 168 valence electrons. The van der Waals surface area contributed by atoms with Gasteiger partial charge in [0.2, 0.25) is 17.6 Å². The molecule has 31 heavy (non-hydrogen) atoms. The molecule has 1 amide bonds. The van der Waals surface area contributed by atoms with E-state index in [2.05, 4.69) is 15.0 Å². The molecular formula is C21H25F3N4O3. The molecule has 2 aliphatic rings. The van der Waals surface area contributed by atoms with Gasteiger partial charge in [0, 0.05) is 25.2 Å². The first kappa shape index (κ1) is 21.8. The van der Waals surface area contributed by atoms with Crippen LogP contribution in [0.25, 0.3) is 11.4 Å². The van der Waals surface area contributed by atoms with Crippen molar-refractivity contribution in [3.8, 4) is 11.4 Å². The number of hydrogen-bond acceptors (Lipinski definition) is 6. The Morgan fingerprint density at radius 1 is 1.23 bits per heavy atom. The molecule has 4 rings (SSSR count). The highest BCUT2D eigenvalue weighted by molar-refractivity contribution is 5.79. The minimum absolute atomic E-state index is 0.0971. The number of aromatic nitrogens is 2. The van der Waals surface area contributed by atoms with Crippen LogP contribution in [0.1, 0.15) is 37.3 Å². The summed E-state index contributed by atoms with van der Waals surface area (Å²) >= 11 is 0. The maximum Gasteiger partial charge on any atom is 0.416 e. The van der Waals surface area contributed by atoms with Crippen LogP contribution in [0.2, 0.25) is 0 Å². The Hall–Kier alpha value is -2.46. The minimum Gasteiger partial charge on any atom is -0.378 e. The van der Waals surface area contributed by atoms with Gasteiger partial charge in [-0.25, -0.2) is 0 Å². The fraction of sp³-hybridized carbons (Fsp3) is 0.571. The molecule has 2 fully saturated rings. The number of carbonyl (C=O) groups excluding carboxylic acids is 1. The summed E-state index contributed by atoms with van der Waals surface area (Å²) in [6.07, 6.45) is -2.73. The summed E-state index contributed by atoms with van der Waals surface area (Å²) in [5, 5.41) is 3.88. The first-order chi connectivity index (χ1) is 14.8. The van der Waals surface area contributed by atoms with Crippen molar-refractivity contribution in [2.24, 2.45) is 5.92 Å². The van der Waals surface area contributed by atoms with Crippen LogP contribution in [-0.4, -0.2) is 65.2 Å². The number of halogens is 3. The Morgan fingerprint density at radius 2 is 2.00 bits per heavy atom. The normalized spacial score (nSPS) is 21.8. The molecule has 0 aliphatic carbocycles. The topological polar surface area (TPSA) is 71.7 Å². The van der Waals surface area contributed by atoms with Crippen molar-refractivity contribution in [3.05, 3.63) is 35.7 Å². The monoisotopic (exact) mass is 438 g/mol. The van der Waals surface area contributed by atoms with E-state index < -0.39 is 11.7 Å². The lowest BCUT2D eigenvalue weighted by atomic mass is 9.95. The summed E-state index contributed by atoms with van der Waals surface area (Å²) in [5.41, 5.74) is -0.513. The molecule has 2 atom stereocenters. The highest BCUT2D eigenvalue weighted by atomic mass is 19.4. The Bertz CT molecular complexity index is 911. The maximum absolute atomic E-state index is 13.0. The summed E-state index contributed by atoms with van der Waals surface area (Å²) in [6, 6.07) is 4.62. The first-order valence-electron chi connectivity index (χ1n) is 10.4. The van der Waals surface area contributed by atoms with Crippen LogP contribution >= 0.6 is 0 Å². The van der Waals surface area contributed by atoms with Crippen molar-refractivity contribution in [1.29, 1.82) is 0 Å². The molecule has 0 spiro atoms. The molecule has 0 radical (unpaired) electrons. The van der Waals surface area contributed by atoms with E-state index in [1.54, 1.807) is 0 Å². The lowest BCUT2D eigenvalue weighted by Crippen LogP contribution is -2.48. The van der Waals surface area contributed by atoms with Gasteiger partial charge in [0.1, 0.15) is 0 Å². The number of morpholine rings is 1. The van der Waals surface area contributed by atoms with Gasteiger partial charge in [0.15, 0.2) is 0 Å². The van der Waals surface area contributed by atoms with Crippen LogP contribution < -0.4 is 0 Å². The number of ether oxygens (including phenoxy) is 1. The summed E-state index contributed by atoms with van der Waals surface area (Å²) in [7, 11) is 0. The van der Waals surface area contributed by atoms with Gasteiger partial charge in [-0.05, 0) is 38.4 Å². The van der Waals surface area contributed by atoms with Crippen molar-refractivity contribution < 1.29 is 27.2 Å². The summed E-state index contributed by atoms with van der Waals surface area (Å²) in [6.45, 7) is 5.65. The van der Waals surface area contributed by atoms with Crippen LogP contribution in [0.15, 0.2) is 28.8 Å². The molecule has 3 heterocycles. The molecule has 2 aromatic rings. The highest BCUT2D eigenvalue weighted by Gasteiger charge is 2.34. The van der Waals surface area contributed by atoms with Gasteiger partial charge in [0.25, 0.3) is 0 Å². The van der Waals surface area contributed by atoms with Crippen molar-refractivity contribution in [3.63, 3.8) is 0 Å². The quantitative estimate of drug-likeness (QED) is 0.729. The van der Waals surface area contributed by atoms with E-state index in [0.717, 1.165) is 31.5 Å². The van der Waals surface area contributed by atoms with Gasteiger partial charge in [-0.3, -0.25) is 9.69 Å². The van der Waals surface area contributed by atoms with Gasteiger partial charge < -0.3 is 14.2 Å². The predicted octanol–water partition coefficient (Wildman–Crippen LogP) is 3.39. The average Bonchev–Trinajstić information content (AvgIpc) is 3.29. The molecule has 2 aliphatic heterocycles. The van der Waals surface area contributed by atoms with Crippen molar-refractivity contribution in [2.45, 2.75) is 32.0 Å². The van der Waals surface area contributed by atoms with Crippen molar-refractivity contribution in [2.75, 3.05) is 39.4 Å². The van der Waals surface area contributed by atoms with Crippen molar-refractivity contribution >= 4 is 5.91 Å². The van der Waals surface area contributed by atoms with Crippen LogP contribution in [0.4, 0.5) is 13.2 Å². The third-order valence-electron chi connectivity index (χ3n) is 5.92. The van der Waals surface area contributed by atoms with Gasteiger partial charge >= 0.3 is 6.18 Å². The second-order valence-electron chi connectivity index (χ2n) is 7.98. The van der Waals surface area contributed by atoms with Gasteiger partial charge in [-0.2, -0.15) is 18.2 Å². The predicted molar refractivity (Wildman–Crippen MR) is 105 cm³/mol. The number of likely N-dealkylation sites (tertiary alicyclic amines) is 1. The zero-order valence-corrected chi connectivity index (χ0v) is 17.3. The summed E-state index contributed by atoms with van der Waals surface area (Å²) in [5.74, 6) is 0.494. The number of piperidine rings is 1. The minimum atomic E-state index is -4.44. The van der Waals surface area contributed by atoms with Gasteiger partial charge in [0.05, 0.1) is 30.7 Å². The molecular weight excluding hydrogens is 413 g/mol. The van der Waals surface area contributed by atoms with Crippen LogP contribution in [-0.2, 0) is 15.7 Å². The first-order valence-corrected chi connectivity index (χ1v) is 10.4. The van der Waals surface area contributed by atoms with Crippen LogP contribution in [0.5, 0.6) is 0 Å². The van der Waals surface area contributed by atoms with E-state index in [9.17, 15) is 18.0 Å². The number of amides is 1. The van der Waals surface area contributed by atoms with E-state index in [-0.39, 0.29) is 29.3 Å². The number of rotatable bonds is 4. The molecule has 2 unspecified atom stereocenters. The van der Waals surface area contributed by atoms with Gasteiger partial charge in [-0.1, -0.05) is 17.3 Å². The Labute approximate surface area is 178 Å². The van der Waals surface area contributed by atoms with Crippen LogP contribution in [0, 0.1) is 5.92 Å². The second-order valence-corrected chi connectivity index (χ2v) is 7.98. The largest absolute Gasteiger partial charge is 0.416 e. The van der Waals surface area contributed by atoms with E-state index in [1.807, 2.05) is 11.8 Å². The van der Waals surface area contributed by atoms with E-state index >= 15 is 0 Å². The Morgan fingerprint density at radius 3 is 2.74 bits per heavy atom. The fourth-order valence-corrected chi connectivity index (χ4v) is 4.11. The fourth-order valence-electron chi connectivity index (χ4n) is 4.11. The zero-order chi connectivity index (χ0) is 22.0. The second kappa shape index (κ2) is 8.96. The number of carbonyl (C=O) groups is 1. The lowest BCUT2D eigenvalue weighted by molar-refractivity contribution is -0.142. The van der Waals surface area contributed by atoms with E-state index in [4.69, 9.17) is 9.26 Å². The number of hydrogen-bond donors (Lipinski definition) is 0. The maximum atomic E-state index is 13.0. The third-order valence-corrected chi connectivity index (χ3v) is 5.92. The Balaban J connectivity index is 1.44. The molecule has 2 saturated heterocycles. The molecule has 0 N–H and O–H groups in total. The number of nitrogens with zero attached hydrogens (tertiary/aromatic N) is 4. The number of benzene rings is 1. The molecule has 10 heteroatoms. The van der Waals surface area contributed by atoms with E-state index in [1.165, 1.54) is 12.1 Å². The van der Waals surface area contributed by atoms with Crippen LogP contribution in [0.3, 0.4) is 0 Å². The SMILES string of the molecule is CC(c1nc(-c2cccc(C(F)(F)F)c2)no1)N1CCCC(C(=O)N2CCOCC2)C1. The molecule has 0 saturated carbocycles. The zero-order valence-electron chi connectivity index (χ0n) is 17.3. The standard InChI is InChI=1S/C21H25F3N4O3/c1-14(28-7-3-5-16(13-28)20(29)27-8-10-30-11-9-27)19-25-18(26-31-19)15-4-2-6-17(12-15)21(22,23)24/h2,4,6,12,14,16H,3,5,7-11,13H2,1H3. The summed E-state index contributed by atoms with van der Waals surface area (Å²) in [4.78, 5) is 21.2. The lowest BCUT2D eigenvalue weighted by Gasteiger charge is -2.37.